The van der Waals surface area contributed by atoms with Crippen molar-refractivity contribution in [3.63, 3.8) is 0 Å². The normalized spacial score (nSPS) is 22.9. The highest BCUT2D eigenvalue weighted by atomic mass is 19.1. The van der Waals surface area contributed by atoms with Crippen LogP contribution in [0.25, 0.3) is 0 Å². The first-order valence-corrected chi connectivity index (χ1v) is 7.02. The molecule has 1 aromatic carbocycles. The van der Waals surface area contributed by atoms with Gasteiger partial charge in [0.25, 0.3) is 5.91 Å². The Bertz CT molecular complexity index is 493. The molecule has 2 rings (SSSR count). The molecule has 1 fully saturated rings. The third kappa shape index (κ3) is 2.98. The van der Waals surface area contributed by atoms with E-state index < -0.39 is 17.5 Å². The van der Waals surface area contributed by atoms with Gasteiger partial charge in [0.2, 0.25) is 0 Å². The average Bonchev–Trinajstić information content (AvgIpc) is 2.46. The lowest BCUT2D eigenvalue weighted by Gasteiger charge is -2.39. The van der Waals surface area contributed by atoms with E-state index in [2.05, 4.69) is 6.92 Å². The van der Waals surface area contributed by atoms with Crippen LogP contribution >= 0.6 is 0 Å². The van der Waals surface area contributed by atoms with E-state index in [4.69, 9.17) is 5.73 Å². The number of hydrogen-bond donors (Lipinski definition) is 1. The molecule has 0 aromatic heterocycles. The van der Waals surface area contributed by atoms with Crippen molar-refractivity contribution in [2.45, 2.75) is 32.2 Å². The first-order chi connectivity index (χ1) is 9.56. The maximum absolute atomic E-state index is 13.7. The van der Waals surface area contributed by atoms with Crippen molar-refractivity contribution in [2.75, 3.05) is 13.1 Å². The van der Waals surface area contributed by atoms with Crippen molar-refractivity contribution in [1.82, 2.24) is 4.90 Å². The van der Waals surface area contributed by atoms with Crippen molar-refractivity contribution >= 4 is 5.91 Å². The molecule has 110 valence electrons. The fourth-order valence-electron chi connectivity index (χ4n) is 2.81. The summed E-state index contributed by atoms with van der Waals surface area (Å²) in [7, 11) is 0. The molecule has 1 saturated heterocycles. The number of hydrogen-bond acceptors (Lipinski definition) is 2. The summed E-state index contributed by atoms with van der Waals surface area (Å²) in [5, 5.41) is 0. The summed E-state index contributed by atoms with van der Waals surface area (Å²) in [4.78, 5) is 14.0. The first-order valence-electron chi connectivity index (χ1n) is 7.02. The molecule has 20 heavy (non-hydrogen) atoms. The number of halogens is 2. The van der Waals surface area contributed by atoms with E-state index in [1.807, 2.05) is 0 Å². The highest BCUT2D eigenvalue weighted by Crippen LogP contribution is 2.26. The van der Waals surface area contributed by atoms with Crippen molar-refractivity contribution < 1.29 is 13.6 Å². The number of carbonyl (C=O) groups is 1. The van der Waals surface area contributed by atoms with Gasteiger partial charge in [-0.3, -0.25) is 4.79 Å². The summed E-state index contributed by atoms with van der Waals surface area (Å²) >= 11 is 0. The Morgan fingerprint density at radius 2 is 2.20 bits per heavy atom. The molecule has 1 aromatic rings. The van der Waals surface area contributed by atoms with Gasteiger partial charge in [-0.05, 0) is 30.9 Å². The number of rotatable bonds is 3. The molecule has 3 nitrogen and oxygen atoms in total. The summed E-state index contributed by atoms with van der Waals surface area (Å²) in [6, 6.07) is 2.98. The summed E-state index contributed by atoms with van der Waals surface area (Å²) in [6.45, 7) is 3.07. The summed E-state index contributed by atoms with van der Waals surface area (Å²) in [6.07, 6.45) is 2.81. The smallest absolute Gasteiger partial charge is 0.257 e. The molecule has 0 bridgehead atoms. The van der Waals surface area contributed by atoms with Crippen LogP contribution < -0.4 is 5.73 Å². The molecule has 0 aliphatic carbocycles. The molecule has 2 unspecified atom stereocenters. The second-order valence-corrected chi connectivity index (χ2v) is 5.31. The Morgan fingerprint density at radius 3 is 2.80 bits per heavy atom. The number of nitrogens with two attached hydrogens (primary N) is 1. The maximum atomic E-state index is 13.7. The highest BCUT2D eigenvalue weighted by Gasteiger charge is 2.31. The number of benzene rings is 1. The van der Waals surface area contributed by atoms with Gasteiger partial charge < -0.3 is 10.6 Å². The average molecular weight is 282 g/mol. The van der Waals surface area contributed by atoms with Crippen LogP contribution in [0.2, 0.25) is 0 Å². The molecule has 1 aliphatic rings. The van der Waals surface area contributed by atoms with Crippen LogP contribution in [-0.2, 0) is 0 Å². The molecule has 1 heterocycles. The quantitative estimate of drug-likeness (QED) is 0.926. The van der Waals surface area contributed by atoms with E-state index in [9.17, 15) is 13.6 Å². The number of carbonyl (C=O) groups excluding carboxylic acids is 1. The van der Waals surface area contributed by atoms with E-state index >= 15 is 0 Å². The van der Waals surface area contributed by atoms with E-state index in [1.54, 1.807) is 4.90 Å². The van der Waals surface area contributed by atoms with Gasteiger partial charge in [-0.15, -0.1) is 0 Å². The van der Waals surface area contributed by atoms with Crippen LogP contribution in [0.15, 0.2) is 18.2 Å². The number of nitrogens with zero attached hydrogens (tertiary/aromatic N) is 1. The van der Waals surface area contributed by atoms with E-state index in [-0.39, 0.29) is 11.6 Å². The largest absolute Gasteiger partial charge is 0.334 e. The topological polar surface area (TPSA) is 46.3 Å². The van der Waals surface area contributed by atoms with Crippen molar-refractivity contribution in [3.05, 3.63) is 35.4 Å². The molecular formula is C15H20F2N2O. The number of piperidine rings is 1. The Balaban J connectivity index is 2.19. The lowest BCUT2D eigenvalue weighted by molar-refractivity contribution is 0.0554. The van der Waals surface area contributed by atoms with Gasteiger partial charge in [0, 0.05) is 25.2 Å². The van der Waals surface area contributed by atoms with Gasteiger partial charge >= 0.3 is 0 Å². The highest BCUT2D eigenvalue weighted by molar-refractivity contribution is 5.94. The molecule has 5 heteroatoms. The number of amides is 1. The van der Waals surface area contributed by atoms with Gasteiger partial charge in [-0.2, -0.15) is 0 Å². The zero-order chi connectivity index (χ0) is 14.7. The van der Waals surface area contributed by atoms with Gasteiger partial charge in [-0.25, -0.2) is 8.78 Å². The number of likely N-dealkylation sites (tertiary alicyclic amines) is 1. The lowest BCUT2D eigenvalue weighted by Crippen LogP contribution is -2.49. The SMILES string of the molecule is CCC1CCN(C(=O)c2ccc(F)cc2F)C(CN)C1. The summed E-state index contributed by atoms with van der Waals surface area (Å²) in [5.74, 6) is -1.33. The minimum Gasteiger partial charge on any atom is -0.334 e. The van der Waals surface area contributed by atoms with Crippen LogP contribution in [0.5, 0.6) is 0 Å². The van der Waals surface area contributed by atoms with E-state index in [1.165, 1.54) is 6.07 Å². The van der Waals surface area contributed by atoms with Crippen molar-refractivity contribution in [2.24, 2.45) is 11.7 Å². The third-order valence-electron chi connectivity index (χ3n) is 4.10. The third-order valence-corrected chi connectivity index (χ3v) is 4.10. The Morgan fingerprint density at radius 1 is 1.45 bits per heavy atom. The summed E-state index contributed by atoms with van der Waals surface area (Å²) in [5.41, 5.74) is 5.66. The standard InChI is InChI=1S/C15H20F2N2O/c1-2-10-5-6-19(12(7-10)9-18)15(20)13-4-3-11(16)8-14(13)17/h3-4,8,10,12H,2,5-7,9,18H2,1H3. The molecule has 2 N–H and O–H groups in total. The lowest BCUT2D eigenvalue weighted by atomic mass is 9.88. The maximum Gasteiger partial charge on any atom is 0.257 e. The predicted octanol–water partition coefficient (Wildman–Crippen LogP) is 2.55. The minimum atomic E-state index is -0.816. The zero-order valence-corrected chi connectivity index (χ0v) is 11.6. The fraction of sp³-hybridized carbons (Fsp3) is 0.533. The Kier molecular flexibility index (Phi) is 4.70. The second-order valence-electron chi connectivity index (χ2n) is 5.31. The molecule has 1 aliphatic heterocycles. The monoisotopic (exact) mass is 282 g/mol. The van der Waals surface area contributed by atoms with E-state index in [0.29, 0.717) is 19.0 Å². The van der Waals surface area contributed by atoms with Crippen LogP contribution in [0.1, 0.15) is 36.5 Å². The van der Waals surface area contributed by atoms with Gasteiger partial charge in [0.15, 0.2) is 0 Å². The van der Waals surface area contributed by atoms with Crippen molar-refractivity contribution in [3.8, 4) is 0 Å². The predicted molar refractivity (Wildman–Crippen MR) is 73.3 cm³/mol. The van der Waals surface area contributed by atoms with Gasteiger partial charge in [0.1, 0.15) is 11.6 Å². The van der Waals surface area contributed by atoms with Crippen molar-refractivity contribution in [1.29, 1.82) is 0 Å². The van der Waals surface area contributed by atoms with Crippen LogP contribution in [0, 0.1) is 17.6 Å². The van der Waals surface area contributed by atoms with E-state index in [0.717, 1.165) is 31.4 Å². The first kappa shape index (κ1) is 14.9. The molecule has 0 saturated carbocycles. The van der Waals surface area contributed by atoms with Gasteiger partial charge in [-0.1, -0.05) is 13.3 Å². The Labute approximate surface area is 117 Å². The van der Waals surface area contributed by atoms with Gasteiger partial charge in [0.05, 0.1) is 5.56 Å². The fourth-order valence-corrected chi connectivity index (χ4v) is 2.81. The molecule has 0 radical (unpaired) electrons. The summed E-state index contributed by atoms with van der Waals surface area (Å²) < 4.78 is 26.6. The Hall–Kier alpha value is -1.49. The minimum absolute atomic E-state index is 0.0642. The molecule has 1 amide bonds. The molecular weight excluding hydrogens is 262 g/mol. The zero-order valence-electron chi connectivity index (χ0n) is 11.6. The molecule has 2 atom stereocenters. The van der Waals surface area contributed by atoms with Crippen LogP contribution in [-0.4, -0.2) is 29.9 Å². The molecule has 0 spiro atoms. The van der Waals surface area contributed by atoms with Crippen LogP contribution in [0.3, 0.4) is 0 Å². The second kappa shape index (κ2) is 6.31. The van der Waals surface area contributed by atoms with Crippen LogP contribution in [0.4, 0.5) is 8.78 Å².